The number of fused-ring (bicyclic) bond motifs is 2. The van der Waals surface area contributed by atoms with E-state index in [1.54, 1.807) is 13.8 Å². The second-order valence-electron chi connectivity index (χ2n) is 14.5. The molecule has 7 rings (SSSR count). The summed E-state index contributed by atoms with van der Waals surface area (Å²) < 4.78 is 6.73. The van der Waals surface area contributed by atoms with Crippen LogP contribution in [-0.2, 0) is 6.54 Å². The smallest absolute Gasteiger partial charge is 0.154 e. The summed E-state index contributed by atoms with van der Waals surface area (Å²) in [6.45, 7) is 15.0. The molecule has 4 aliphatic rings. The SMILES string of the molecule is C=Cc1cc2c(N3CCC4(CCC4)CC3)nc(C3CCN(C)CC3)nc2c(OCC(C)(C)O)c1-c1c(C)ccc2c1C=NC2. The summed E-state index contributed by atoms with van der Waals surface area (Å²) in [5, 5.41) is 11.9. The highest BCUT2D eigenvalue weighted by Crippen LogP contribution is 2.51. The highest BCUT2D eigenvalue weighted by Gasteiger charge is 2.40. The number of likely N-dealkylation sites (tertiary alicyclic amines) is 1. The zero-order valence-electron chi connectivity index (χ0n) is 27.0. The van der Waals surface area contributed by atoms with Crippen LogP contribution in [-0.4, -0.2) is 71.6 Å². The summed E-state index contributed by atoms with van der Waals surface area (Å²) in [6, 6.07) is 6.59. The maximum absolute atomic E-state index is 10.9. The number of aryl methyl sites for hydroxylation is 1. The molecular weight excluding hydrogens is 546 g/mol. The zero-order chi connectivity index (χ0) is 30.6. The van der Waals surface area contributed by atoms with E-state index < -0.39 is 5.60 Å². The Kier molecular flexibility index (Phi) is 7.53. The highest BCUT2D eigenvalue weighted by molar-refractivity contribution is 6.06. The van der Waals surface area contributed by atoms with Crippen LogP contribution in [0.1, 0.15) is 92.8 Å². The molecule has 0 radical (unpaired) electrons. The monoisotopic (exact) mass is 593 g/mol. The van der Waals surface area contributed by atoms with Crippen LogP contribution in [0.3, 0.4) is 0 Å². The largest absolute Gasteiger partial charge is 0.488 e. The van der Waals surface area contributed by atoms with Gasteiger partial charge in [0.1, 0.15) is 23.8 Å². The minimum Gasteiger partial charge on any atom is -0.488 e. The third-order valence-corrected chi connectivity index (χ3v) is 10.7. The van der Waals surface area contributed by atoms with Gasteiger partial charge in [0.15, 0.2) is 5.75 Å². The fourth-order valence-corrected chi connectivity index (χ4v) is 7.75. The van der Waals surface area contributed by atoms with Gasteiger partial charge in [0, 0.05) is 41.7 Å². The van der Waals surface area contributed by atoms with Gasteiger partial charge in [0.2, 0.25) is 0 Å². The molecule has 1 N–H and O–H groups in total. The molecule has 1 aromatic heterocycles. The Labute approximate surface area is 262 Å². The van der Waals surface area contributed by atoms with Crippen LogP contribution in [0.5, 0.6) is 5.75 Å². The average molecular weight is 594 g/mol. The van der Waals surface area contributed by atoms with Crippen molar-refractivity contribution in [1.82, 2.24) is 14.9 Å². The van der Waals surface area contributed by atoms with Gasteiger partial charge < -0.3 is 19.6 Å². The van der Waals surface area contributed by atoms with E-state index >= 15 is 0 Å². The Morgan fingerprint density at radius 2 is 1.82 bits per heavy atom. The van der Waals surface area contributed by atoms with Crippen LogP contribution in [0, 0.1) is 12.3 Å². The van der Waals surface area contributed by atoms with E-state index in [2.05, 4.69) is 53.5 Å². The van der Waals surface area contributed by atoms with E-state index in [9.17, 15) is 5.11 Å². The number of anilines is 1. The number of rotatable bonds is 7. The molecule has 1 aliphatic carbocycles. The molecule has 44 heavy (non-hydrogen) atoms. The summed E-state index contributed by atoms with van der Waals surface area (Å²) >= 11 is 0. The number of benzene rings is 2. The van der Waals surface area contributed by atoms with Crippen LogP contribution in [0.4, 0.5) is 5.82 Å². The first kappa shape index (κ1) is 29.4. The van der Waals surface area contributed by atoms with Crippen LogP contribution >= 0.6 is 0 Å². The van der Waals surface area contributed by atoms with Gasteiger partial charge in [0.05, 0.1) is 12.1 Å². The molecule has 3 aromatic rings. The van der Waals surface area contributed by atoms with Gasteiger partial charge >= 0.3 is 0 Å². The molecule has 2 saturated heterocycles. The maximum Gasteiger partial charge on any atom is 0.154 e. The van der Waals surface area contributed by atoms with E-state index in [0.29, 0.717) is 23.6 Å². The van der Waals surface area contributed by atoms with Crippen molar-refractivity contribution in [3.05, 3.63) is 52.9 Å². The number of piperidine rings is 2. The zero-order valence-corrected chi connectivity index (χ0v) is 27.0. The van der Waals surface area contributed by atoms with Gasteiger partial charge in [-0.2, -0.15) is 0 Å². The highest BCUT2D eigenvalue weighted by atomic mass is 16.5. The Hall–Kier alpha value is -3.29. The number of aliphatic imine (C=N–C) groups is 1. The Morgan fingerprint density at radius 3 is 2.48 bits per heavy atom. The van der Waals surface area contributed by atoms with Crippen molar-refractivity contribution in [2.75, 3.05) is 44.7 Å². The third kappa shape index (κ3) is 5.32. The van der Waals surface area contributed by atoms with E-state index in [4.69, 9.17) is 14.7 Å². The molecule has 1 saturated carbocycles. The molecule has 0 unspecified atom stereocenters. The topological polar surface area (TPSA) is 74.1 Å². The minimum absolute atomic E-state index is 0.146. The van der Waals surface area contributed by atoms with Crippen molar-refractivity contribution < 1.29 is 9.84 Å². The van der Waals surface area contributed by atoms with E-state index in [-0.39, 0.29) is 6.61 Å². The lowest BCUT2D eigenvalue weighted by molar-refractivity contribution is 0.0292. The second kappa shape index (κ2) is 11.3. The Morgan fingerprint density at radius 1 is 1.07 bits per heavy atom. The first-order chi connectivity index (χ1) is 21.1. The summed E-state index contributed by atoms with van der Waals surface area (Å²) in [4.78, 5) is 20.3. The van der Waals surface area contributed by atoms with Crippen LogP contribution in [0.2, 0.25) is 0 Å². The van der Waals surface area contributed by atoms with Crippen LogP contribution < -0.4 is 9.64 Å². The minimum atomic E-state index is -1.01. The summed E-state index contributed by atoms with van der Waals surface area (Å²) in [7, 11) is 2.20. The lowest BCUT2D eigenvalue weighted by atomic mass is 9.63. The van der Waals surface area contributed by atoms with Gasteiger partial charge in [-0.05, 0) is 113 Å². The van der Waals surface area contributed by atoms with Crippen molar-refractivity contribution in [2.24, 2.45) is 10.4 Å². The molecule has 1 spiro atoms. The van der Waals surface area contributed by atoms with Crippen molar-refractivity contribution in [3.63, 3.8) is 0 Å². The van der Waals surface area contributed by atoms with Gasteiger partial charge in [0.25, 0.3) is 0 Å². The van der Waals surface area contributed by atoms with Gasteiger partial charge in [-0.3, -0.25) is 4.99 Å². The quantitative estimate of drug-likeness (QED) is 0.321. The summed E-state index contributed by atoms with van der Waals surface area (Å²) in [5.74, 6) is 2.96. The van der Waals surface area contributed by atoms with Crippen LogP contribution in [0.15, 0.2) is 29.8 Å². The molecule has 2 aromatic carbocycles. The molecule has 7 heteroatoms. The second-order valence-corrected chi connectivity index (χ2v) is 14.5. The molecule has 3 fully saturated rings. The van der Waals surface area contributed by atoms with Crippen LogP contribution in [0.25, 0.3) is 28.1 Å². The number of hydrogen-bond acceptors (Lipinski definition) is 7. The Bertz CT molecular complexity index is 1620. The fraction of sp³-hybridized carbons (Fsp3) is 0.541. The molecule has 0 bridgehead atoms. The molecule has 4 heterocycles. The number of aliphatic hydroxyl groups is 1. The maximum atomic E-state index is 10.9. The van der Waals surface area contributed by atoms with E-state index in [1.165, 1.54) is 37.7 Å². The molecular formula is C37H47N5O2. The van der Waals surface area contributed by atoms with Gasteiger partial charge in [-0.25, -0.2) is 9.97 Å². The third-order valence-electron chi connectivity index (χ3n) is 10.7. The van der Waals surface area contributed by atoms with Crippen molar-refractivity contribution in [1.29, 1.82) is 0 Å². The first-order valence-corrected chi connectivity index (χ1v) is 16.6. The number of nitrogens with zero attached hydrogens (tertiary/aromatic N) is 5. The van der Waals surface area contributed by atoms with Crippen molar-refractivity contribution >= 4 is 29.0 Å². The Balaban J connectivity index is 1.47. The number of ether oxygens (including phenoxy) is 1. The lowest BCUT2D eigenvalue weighted by Gasteiger charge is -2.48. The number of hydrogen-bond donors (Lipinski definition) is 1. The number of aromatic nitrogens is 2. The average Bonchev–Trinajstić information content (AvgIpc) is 3.47. The summed E-state index contributed by atoms with van der Waals surface area (Å²) in [6.07, 6.45) is 12.6. The first-order valence-electron chi connectivity index (χ1n) is 16.6. The predicted octanol–water partition coefficient (Wildman–Crippen LogP) is 6.91. The molecule has 3 aliphatic heterocycles. The van der Waals surface area contributed by atoms with Gasteiger partial charge in [-0.1, -0.05) is 31.2 Å². The van der Waals surface area contributed by atoms with E-state index in [1.807, 2.05) is 12.3 Å². The lowest BCUT2D eigenvalue weighted by Crippen LogP contribution is -2.44. The standard InChI is InChI=1S/C37H47N5O2/c1-6-25-20-28-32(33(44-23-36(3,4)43)31(25)30-24(2)8-9-27-21-38-22-29(27)30)39-34(26-10-16-41(5)17-11-26)40-35(28)42-18-14-37(15-19-42)12-7-13-37/h6,8-9,20,22,26,43H,1,7,10-19,21,23H2,2-5H3. The van der Waals surface area contributed by atoms with Crippen molar-refractivity contribution in [2.45, 2.75) is 83.8 Å². The molecule has 0 amide bonds. The fourth-order valence-electron chi connectivity index (χ4n) is 7.75. The molecule has 7 nitrogen and oxygen atoms in total. The van der Waals surface area contributed by atoms with Gasteiger partial charge in [-0.15, -0.1) is 0 Å². The normalized spacial score (nSPS) is 20.2. The van der Waals surface area contributed by atoms with Crippen molar-refractivity contribution in [3.8, 4) is 16.9 Å². The predicted molar refractivity (Wildman–Crippen MR) is 180 cm³/mol. The van der Waals surface area contributed by atoms with E-state index in [0.717, 1.165) is 89.4 Å². The molecule has 232 valence electrons. The summed E-state index contributed by atoms with van der Waals surface area (Å²) in [5.41, 5.74) is 6.94. The molecule has 0 atom stereocenters.